The average molecular weight is 583 g/mol. The van der Waals surface area contributed by atoms with Crippen molar-refractivity contribution in [3.63, 3.8) is 0 Å². The molecule has 1 heterocycles. The summed E-state index contributed by atoms with van der Waals surface area (Å²) < 4.78 is 27.4. The molecule has 0 aromatic heterocycles. The second-order valence-corrected chi connectivity index (χ2v) is 12.2. The first-order chi connectivity index (χ1) is 20.3. The van der Waals surface area contributed by atoms with Crippen molar-refractivity contribution in [2.24, 2.45) is 0 Å². The molecule has 2 amide bonds. The van der Waals surface area contributed by atoms with Crippen molar-refractivity contribution >= 4 is 27.5 Å². The van der Waals surface area contributed by atoms with Crippen LogP contribution in [-0.2, 0) is 16.6 Å². The molecule has 1 aliphatic heterocycles. The Balaban J connectivity index is 1.20. The van der Waals surface area contributed by atoms with E-state index in [-0.39, 0.29) is 17.9 Å². The Morgan fingerprint density at radius 2 is 1.40 bits per heavy atom. The third-order valence-corrected chi connectivity index (χ3v) is 9.29. The van der Waals surface area contributed by atoms with Gasteiger partial charge in [0, 0.05) is 38.3 Å². The fraction of sp³-hybridized carbons (Fsp3) is 0.212. The van der Waals surface area contributed by atoms with Crippen LogP contribution in [0.1, 0.15) is 44.8 Å². The lowest BCUT2D eigenvalue weighted by Crippen LogP contribution is -2.48. The van der Waals surface area contributed by atoms with Crippen molar-refractivity contribution in [2.45, 2.75) is 24.4 Å². The van der Waals surface area contributed by atoms with Gasteiger partial charge in [-0.2, -0.15) is 4.31 Å². The fourth-order valence-electron chi connectivity index (χ4n) is 5.02. The second kappa shape index (κ2) is 13.1. The number of anilines is 1. The Kier molecular flexibility index (Phi) is 9.12. The lowest BCUT2D eigenvalue weighted by atomic mass is 10.1. The lowest BCUT2D eigenvalue weighted by molar-refractivity contribution is 0.0940. The number of carbonyl (C=O) groups is 2. The van der Waals surface area contributed by atoms with Crippen LogP contribution in [0, 0.1) is 0 Å². The van der Waals surface area contributed by atoms with Gasteiger partial charge in [0.1, 0.15) is 0 Å². The number of para-hydroxylation sites is 1. The van der Waals surface area contributed by atoms with E-state index in [1.165, 1.54) is 4.31 Å². The molecule has 0 spiro atoms. The number of benzene rings is 4. The highest BCUT2D eigenvalue weighted by Gasteiger charge is 2.28. The summed E-state index contributed by atoms with van der Waals surface area (Å²) in [5.74, 6) is -0.587. The summed E-state index contributed by atoms with van der Waals surface area (Å²) in [6, 6.07) is 32.3. The minimum Gasteiger partial charge on any atom is -0.345 e. The normalized spacial score (nSPS) is 15.1. The topological polar surface area (TPSA) is 98.8 Å². The first kappa shape index (κ1) is 29.2. The molecule has 1 fully saturated rings. The molecule has 0 saturated carbocycles. The third kappa shape index (κ3) is 6.94. The van der Waals surface area contributed by atoms with Crippen LogP contribution < -0.4 is 10.6 Å². The van der Waals surface area contributed by atoms with E-state index in [1.807, 2.05) is 55.5 Å². The maximum absolute atomic E-state index is 13.2. The first-order valence-electron chi connectivity index (χ1n) is 13.9. The van der Waals surface area contributed by atoms with Crippen LogP contribution in [-0.4, -0.2) is 55.6 Å². The zero-order chi connectivity index (χ0) is 29.5. The summed E-state index contributed by atoms with van der Waals surface area (Å²) in [7, 11) is -3.51. The highest BCUT2D eigenvalue weighted by Crippen LogP contribution is 2.21. The predicted octanol–water partition coefficient (Wildman–Crippen LogP) is 4.94. The minimum absolute atomic E-state index is 0.195. The van der Waals surface area contributed by atoms with E-state index in [9.17, 15) is 18.0 Å². The average Bonchev–Trinajstić information content (AvgIpc) is 3.02. The van der Waals surface area contributed by atoms with E-state index in [0.29, 0.717) is 54.4 Å². The van der Waals surface area contributed by atoms with Gasteiger partial charge in [-0.05, 0) is 54.4 Å². The van der Waals surface area contributed by atoms with Crippen molar-refractivity contribution in [1.82, 2.24) is 14.5 Å². The number of sulfonamides is 1. The largest absolute Gasteiger partial charge is 0.345 e. The number of amides is 2. The van der Waals surface area contributed by atoms with Gasteiger partial charge < -0.3 is 10.6 Å². The molecule has 42 heavy (non-hydrogen) atoms. The molecule has 2 N–H and O–H groups in total. The number of hydrogen-bond donors (Lipinski definition) is 2. The summed E-state index contributed by atoms with van der Waals surface area (Å²) in [6.45, 7) is 4.50. The molecular formula is C33H34N4O4S. The SMILES string of the molecule is CC(NC(=O)c1ccccc1NC(=O)c1cccc(CN2CCN(S(=O)(=O)c3ccccc3)CC2)c1)c1ccccc1. The molecule has 4 aromatic carbocycles. The van der Waals surface area contributed by atoms with E-state index in [0.717, 1.165) is 11.1 Å². The Bertz CT molecular complexity index is 1640. The predicted molar refractivity (Wildman–Crippen MR) is 164 cm³/mol. The maximum Gasteiger partial charge on any atom is 0.255 e. The van der Waals surface area contributed by atoms with E-state index in [1.54, 1.807) is 60.7 Å². The van der Waals surface area contributed by atoms with E-state index >= 15 is 0 Å². The molecule has 5 rings (SSSR count). The van der Waals surface area contributed by atoms with Crippen LogP contribution in [0.25, 0.3) is 0 Å². The van der Waals surface area contributed by atoms with Gasteiger partial charge in [-0.25, -0.2) is 8.42 Å². The van der Waals surface area contributed by atoms with Crippen LogP contribution in [0.3, 0.4) is 0 Å². The van der Waals surface area contributed by atoms with Gasteiger partial charge >= 0.3 is 0 Å². The van der Waals surface area contributed by atoms with Crippen LogP contribution in [0.15, 0.2) is 114 Å². The molecule has 0 bridgehead atoms. The van der Waals surface area contributed by atoms with Crippen molar-refractivity contribution in [1.29, 1.82) is 0 Å². The summed E-state index contributed by atoms with van der Waals surface area (Å²) in [6.07, 6.45) is 0. The molecule has 9 heteroatoms. The Morgan fingerprint density at radius 3 is 2.12 bits per heavy atom. The van der Waals surface area contributed by atoms with Crippen molar-refractivity contribution in [2.75, 3.05) is 31.5 Å². The first-order valence-corrected chi connectivity index (χ1v) is 15.4. The summed E-state index contributed by atoms with van der Waals surface area (Å²) in [5, 5.41) is 5.91. The van der Waals surface area contributed by atoms with Crippen molar-refractivity contribution in [3.8, 4) is 0 Å². The molecule has 0 aliphatic carbocycles. The van der Waals surface area contributed by atoms with Crippen LogP contribution >= 0.6 is 0 Å². The highest BCUT2D eigenvalue weighted by molar-refractivity contribution is 7.89. The lowest BCUT2D eigenvalue weighted by Gasteiger charge is -2.34. The second-order valence-electron chi connectivity index (χ2n) is 10.3. The van der Waals surface area contributed by atoms with E-state index < -0.39 is 10.0 Å². The minimum atomic E-state index is -3.51. The molecule has 1 atom stereocenters. The van der Waals surface area contributed by atoms with Gasteiger partial charge in [-0.1, -0.05) is 72.8 Å². The quantitative estimate of drug-likeness (QED) is 0.292. The number of piperazine rings is 1. The number of nitrogens with one attached hydrogen (secondary N) is 2. The van der Waals surface area contributed by atoms with Gasteiger partial charge in [0.05, 0.1) is 22.2 Å². The zero-order valence-electron chi connectivity index (χ0n) is 23.4. The Hall–Kier alpha value is -4.31. The van der Waals surface area contributed by atoms with Gasteiger partial charge in [-0.3, -0.25) is 14.5 Å². The summed E-state index contributed by atoms with van der Waals surface area (Å²) in [4.78, 5) is 28.8. The maximum atomic E-state index is 13.2. The Morgan fingerprint density at radius 1 is 0.762 bits per heavy atom. The van der Waals surface area contributed by atoms with Crippen molar-refractivity contribution in [3.05, 3.63) is 131 Å². The summed E-state index contributed by atoms with van der Waals surface area (Å²) >= 11 is 0. The molecule has 216 valence electrons. The molecule has 1 saturated heterocycles. The standard InChI is InChI=1S/C33H34N4O4S/c1-25(27-12-4-2-5-13-27)34-33(39)30-17-8-9-18-31(30)35-32(38)28-14-10-11-26(23-28)24-36-19-21-37(22-20-36)42(40,41)29-15-6-3-7-16-29/h2-18,23,25H,19-22,24H2,1H3,(H,34,39)(H,35,38). The smallest absolute Gasteiger partial charge is 0.255 e. The molecule has 1 aliphatic rings. The van der Waals surface area contributed by atoms with Crippen LogP contribution in [0.5, 0.6) is 0 Å². The van der Waals surface area contributed by atoms with Gasteiger partial charge in [0.15, 0.2) is 0 Å². The molecule has 4 aromatic rings. The van der Waals surface area contributed by atoms with E-state index in [4.69, 9.17) is 0 Å². The van der Waals surface area contributed by atoms with Crippen LogP contribution in [0.2, 0.25) is 0 Å². The molecular weight excluding hydrogens is 548 g/mol. The van der Waals surface area contributed by atoms with Gasteiger partial charge in [0.25, 0.3) is 11.8 Å². The molecule has 0 radical (unpaired) electrons. The monoisotopic (exact) mass is 582 g/mol. The molecule has 8 nitrogen and oxygen atoms in total. The zero-order valence-corrected chi connectivity index (χ0v) is 24.3. The summed E-state index contributed by atoms with van der Waals surface area (Å²) in [5.41, 5.74) is 3.23. The number of rotatable bonds is 9. The fourth-order valence-corrected chi connectivity index (χ4v) is 6.47. The third-order valence-electron chi connectivity index (χ3n) is 7.37. The number of hydrogen-bond acceptors (Lipinski definition) is 5. The number of carbonyl (C=O) groups excluding carboxylic acids is 2. The van der Waals surface area contributed by atoms with Crippen molar-refractivity contribution < 1.29 is 18.0 Å². The Labute approximate surface area is 247 Å². The molecule has 1 unspecified atom stereocenters. The van der Waals surface area contributed by atoms with E-state index in [2.05, 4.69) is 15.5 Å². The number of nitrogens with zero attached hydrogens (tertiary/aromatic N) is 2. The highest BCUT2D eigenvalue weighted by atomic mass is 32.2. The van der Waals surface area contributed by atoms with Gasteiger partial charge in [-0.15, -0.1) is 0 Å². The van der Waals surface area contributed by atoms with Gasteiger partial charge in [0.2, 0.25) is 10.0 Å². The van der Waals surface area contributed by atoms with Crippen LogP contribution in [0.4, 0.5) is 5.69 Å².